The number of carbonyl (C=O) groups excluding carboxylic acids is 3. The molecular formula is C19H15F3N2O3. The lowest BCUT2D eigenvalue weighted by molar-refractivity contribution is -0.143. The quantitative estimate of drug-likeness (QED) is 0.637. The Bertz CT molecular complexity index is 856. The van der Waals surface area contributed by atoms with E-state index in [0.29, 0.717) is 11.8 Å². The fourth-order valence-electron chi connectivity index (χ4n) is 5.04. The van der Waals surface area contributed by atoms with E-state index >= 15 is 0 Å². The van der Waals surface area contributed by atoms with Gasteiger partial charge in [0.2, 0.25) is 0 Å². The second kappa shape index (κ2) is 5.21. The van der Waals surface area contributed by atoms with E-state index in [1.165, 1.54) is 0 Å². The van der Waals surface area contributed by atoms with Crippen LogP contribution < -0.4 is 5.43 Å². The number of nitrogens with one attached hydrogen (secondary N) is 1. The van der Waals surface area contributed by atoms with Crippen molar-refractivity contribution in [2.75, 3.05) is 0 Å². The van der Waals surface area contributed by atoms with Crippen LogP contribution in [0.4, 0.5) is 13.2 Å². The summed E-state index contributed by atoms with van der Waals surface area (Å²) >= 11 is 0. The number of allylic oxidation sites excluding steroid dienone is 2. The van der Waals surface area contributed by atoms with Gasteiger partial charge in [0.25, 0.3) is 17.7 Å². The number of hydrogen-bond donors (Lipinski definition) is 1. The summed E-state index contributed by atoms with van der Waals surface area (Å²) in [5.41, 5.74) is 1.37. The molecule has 1 heterocycles. The van der Waals surface area contributed by atoms with E-state index in [1.807, 2.05) is 12.2 Å². The molecule has 6 rings (SSSR count). The summed E-state index contributed by atoms with van der Waals surface area (Å²) in [6, 6.07) is 3.63. The van der Waals surface area contributed by atoms with Crippen molar-refractivity contribution < 1.29 is 27.6 Å². The highest BCUT2D eigenvalue weighted by atomic mass is 19.4. The number of nitrogens with zero attached hydrogens (tertiary/aromatic N) is 1. The molecule has 3 amide bonds. The Morgan fingerprint density at radius 3 is 1.96 bits per heavy atom. The Morgan fingerprint density at radius 1 is 0.963 bits per heavy atom. The van der Waals surface area contributed by atoms with Crippen molar-refractivity contribution in [3.63, 3.8) is 0 Å². The van der Waals surface area contributed by atoms with Gasteiger partial charge in [-0.3, -0.25) is 19.8 Å². The highest BCUT2D eigenvalue weighted by Gasteiger charge is 2.67. The molecule has 6 atom stereocenters. The van der Waals surface area contributed by atoms with Gasteiger partial charge < -0.3 is 0 Å². The second-order valence-corrected chi connectivity index (χ2v) is 7.68. The molecule has 1 aliphatic heterocycles. The topological polar surface area (TPSA) is 66.5 Å². The minimum Gasteiger partial charge on any atom is -0.272 e. The predicted octanol–water partition coefficient (Wildman–Crippen LogP) is 2.40. The van der Waals surface area contributed by atoms with Gasteiger partial charge >= 0.3 is 6.18 Å². The molecule has 0 spiro atoms. The third-order valence-corrected chi connectivity index (χ3v) is 6.35. The maximum atomic E-state index is 12.8. The fourth-order valence-corrected chi connectivity index (χ4v) is 5.04. The average Bonchev–Trinajstić information content (AvgIpc) is 3.42. The van der Waals surface area contributed by atoms with Crippen LogP contribution in [0.2, 0.25) is 0 Å². The van der Waals surface area contributed by atoms with Crippen molar-refractivity contribution in [2.24, 2.45) is 35.5 Å². The largest absolute Gasteiger partial charge is 0.416 e. The van der Waals surface area contributed by atoms with Gasteiger partial charge in [0, 0.05) is 5.56 Å². The van der Waals surface area contributed by atoms with Gasteiger partial charge in [-0.05, 0) is 54.4 Å². The monoisotopic (exact) mass is 376 g/mol. The molecule has 27 heavy (non-hydrogen) atoms. The molecule has 0 aromatic heterocycles. The molecule has 2 bridgehead atoms. The number of imide groups is 1. The van der Waals surface area contributed by atoms with Gasteiger partial charge in [-0.25, -0.2) is 0 Å². The molecule has 4 aliphatic carbocycles. The lowest BCUT2D eigenvalue weighted by Gasteiger charge is -2.37. The summed E-state index contributed by atoms with van der Waals surface area (Å²) < 4.78 is 37.9. The minimum atomic E-state index is -4.50. The van der Waals surface area contributed by atoms with E-state index in [-0.39, 0.29) is 17.4 Å². The van der Waals surface area contributed by atoms with Crippen LogP contribution >= 0.6 is 0 Å². The summed E-state index contributed by atoms with van der Waals surface area (Å²) in [7, 11) is 0. The first-order valence-corrected chi connectivity index (χ1v) is 8.82. The maximum Gasteiger partial charge on any atom is 0.416 e. The average molecular weight is 376 g/mol. The normalized spacial score (nSPS) is 35.9. The van der Waals surface area contributed by atoms with Crippen LogP contribution in [0.15, 0.2) is 36.4 Å². The van der Waals surface area contributed by atoms with Crippen LogP contribution in [-0.4, -0.2) is 22.7 Å². The Morgan fingerprint density at radius 2 is 1.48 bits per heavy atom. The van der Waals surface area contributed by atoms with Crippen LogP contribution in [0.1, 0.15) is 22.3 Å². The number of hydrazine groups is 1. The van der Waals surface area contributed by atoms with Crippen molar-refractivity contribution >= 4 is 17.7 Å². The second-order valence-electron chi connectivity index (χ2n) is 7.68. The number of benzene rings is 1. The molecule has 8 heteroatoms. The zero-order valence-corrected chi connectivity index (χ0v) is 13.9. The lowest BCUT2D eigenvalue weighted by atomic mass is 9.63. The van der Waals surface area contributed by atoms with Crippen LogP contribution in [0.3, 0.4) is 0 Å². The summed E-state index contributed by atoms with van der Waals surface area (Å²) in [6.07, 6.45) is 0.575. The van der Waals surface area contributed by atoms with Crippen molar-refractivity contribution in [2.45, 2.75) is 12.6 Å². The van der Waals surface area contributed by atoms with E-state index in [4.69, 9.17) is 0 Å². The van der Waals surface area contributed by atoms with E-state index in [0.717, 1.165) is 35.7 Å². The number of carbonyl (C=O) groups is 3. The molecule has 5 aliphatic rings. The Labute approximate surface area is 152 Å². The Kier molecular flexibility index (Phi) is 3.19. The predicted molar refractivity (Wildman–Crippen MR) is 85.5 cm³/mol. The molecule has 1 N–H and O–H groups in total. The summed E-state index contributed by atoms with van der Waals surface area (Å²) in [4.78, 5) is 37.9. The first kappa shape index (κ1) is 16.5. The van der Waals surface area contributed by atoms with Crippen molar-refractivity contribution in [1.29, 1.82) is 0 Å². The third kappa shape index (κ3) is 2.28. The highest BCUT2D eigenvalue weighted by molar-refractivity contribution is 6.08. The van der Waals surface area contributed by atoms with Gasteiger partial charge in [-0.15, -0.1) is 0 Å². The molecule has 0 radical (unpaired) electrons. The van der Waals surface area contributed by atoms with Gasteiger partial charge in [0.1, 0.15) is 0 Å². The number of amides is 3. The van der Waals surface area contributed by atoms with E-state index in [1.54, 1.807) is 0 Å². The molecule has 1 aromatic carbocycles. The zero-order valence-electron chi connectivity index (χ0n) is 13.9. The minimum absolute atomic E-state index is 0.0365. The molecular weight excluding hydrogens is 361 g/mol. The number of rotatable bonds is 2. The Balaban J connectivity index is 1.35. The smallest absolute Gasteiger partial charge is 0.272 e. The van der Waals surface area contributed by atoms with Crippen molar-refractivity contribution in [1.82, 2.24) is 10.4 Å². The fraction of sp³-hybridized carbons (Fsp3) is 0.421. The molecule has 2 saturated carbocycles. The maximum absolute atomic E-state index is 12.8. The van der Waals surface area contributed by atoms with Crippen LogP contribution in [-0.2, 0) is 15.8 Å². The standard InChI is InChI=1S/C19H15F3N2O3/c20-19(21,22)9-3-1-8(2-4-9)16(25)23-24-17(26)14-10-5-6-11(13-7-12(10)13)15(14)18(24)27/h1-6,10-15H,7H2,(H,23,25)/t10-,11+,12-,13-,14-,15+/m1/s1. The highest BCUT2D eigenvalue weighted by Crippen LogP contribution is 2.65. The number of alkyl halides is 3. The van der Waals surface area contributed by atoms with Gasteiger partial charge in [-0.1, -0.05) is 12.2 Å². The van der Waals surface area contributed by atoms with Crippen LogP contribution in [0.5, 0.6) is 0 Å². The molecule has 3 fully saturated rings. The molecule has 0 unspecified atom stereocenters. The lowest BCUT2D eigenvalue weighted by Crippen LogP contribution is -2.46. The summed E-state index contributed by atoms with van der Waals surface area (Å²) in [5, 5.41) is 0.771. The van der Waals surface area contributed by atoms with Gasteiger partial charge in [-0.2, -0.15) is 18.2 Å². The Hall–Kier alpha value is -2.64. The van der Waals surface area contributed by atoms with E-state index in [2.05, 4.69) is 5.43 Å². The van der Waals surface area contributed by atoms with E-state index < -0.39 is 41.3 Å². The first-order chi connectivity index (χ1) is 12.8. The molecule has 5 nitrogen and oxygen atoms in total. The number of hydrogen-bond acceptors (Lipinski definition) is 3. The molecule has 1 saturated heterocycles. The first-order valence-electron chi connectivity index (χ1n) is 8.82. The zero-order chi connectivity index (χ0) is 19.1. The third-order valence-electron chi connectivity index (χ3n) is 6.35. The van der Waals surface area contributed by atoms with Crippen LogP contribution in [0.25, 0.3) is 0 Å². The van der Waals surface area contributed by atoms with Crippen molar-refractivity contribution in [3.8, 4) is 0 Å². The van der Waals surface area contributed by atoms with Gasteiger partial charge in [0.05, 0.1) is 17.4 Å². The SMILES string of the molecule is O=C(NN1C(=O)[C@@H]2[C@@H]3C=C[C@@H]([C@H]4C[C@H]34)[C@@H]2C1=O)c1ccc(C(F)(F)F)cc1. The van der Waals surface area contributed by atoms with Gasteiger partial charge in [0.15, 0.2) is 0 Å². The number of halogens is 3. The van der Waals surface area contributed by atoms with E-state index in [9.17, 15) is 27.6 Å². The molecule has 1 aromatic rings. The summed E-state index contributed by atoms with van der Waals surface area (Å²) in [6.45, 7) is 0. The molecule has 140 valence electrons. The summed E-state index contributed by atoms with van der Waals surface area (Å²) in [5.74, 6) is -1.54. The van der Waals surface area contributed by atoms with Crippen LogP contribution in [0, 0.1) is 35.5 Å². The van der Waals surface area contributed by atoms with Crippen molar-refractivity contribution in [3.05, 3.63) is 47.5 Å².